The zero-order valence-electron chi connectivity index (χ0n) is 25.7. The van der Waals surface area contributed by atoms with Crippen LogP contribution in [0.1, 0.15) is 93.6 Å². The van der Waals surface area contributed by atoms with Crippen molar-refractivity contribution >= 4 is 5.97 Å². The van der Waals surface area contributed by atoms with Crippen molar-refractivity contribution in [3.05, 3.63) is 76.7 Å². The lowest BCUT2D eigenvalue weighted by Crippen LogP contribution is -2.43. The molecule has 1 saturated heterocycles. The molecule has 228 valence electrons. The van der Waals surface area contributed by atoms with E-state index in [-0.39, 0.29) is 17.8 Å². The van der Waals surface area contributed by atoms with Gasteiger partial charge in [-0.05, 0) is 98.1 Å². The summed E-state index contributed by atoms with van der Waals surface area (Å²) >= 11 is 0. The third-order valence-electron chi connectivity index (χ3n) is 10.0. The van der Waals surface area contributed by atoms with E-state index >= 15 is 4.39 Å². The van der Waals surface area contributed by atoms with E-state index in [4.69, 9.17) is 9.47 Å². The van der Waals surface area contributed by atoms with Crippen LogP contribution < -0.4 is 9.47 Å². The van der Waals surface area contributed by atoms with E-state index in [0.717, 1.165) is 78.6 Å². The lowest BCUT2D eigenvalue weighted by molar-refractivity contribution is -0.142. The van der Waals surface area contributed by atoms with Crippen molar-refractivity contribution in [3.63, 3.8) is 0 Å². The zero-order valence-corrected chi connectivity index (χ0v) is 25.7. The molecule has 0 unspecified atom stereocenters. The van der Waals surface area contributed by atoms with E-state index in [1.807, 2.05) is 13.0 Å². The van der Waals surface area contributed by atoms with Crippen LogP contribution in [0.5, 0.6) is 11.6 Å². The molecule has 1 saturated carbocycles. The molecule has 0 amide bonds. The van der Waals surface area contributed by atoms with Gasteiger partial charge in [0, 0.05) is 30.3 Å². The van der Waals surface area contributed by atoms with E-state index in [9.17, 15) is 9.90 Å². The summed E-state index contributed by atoms with van der Waals surface area (Å²) in [4.78, 5) is 18.5. The molecule has 1 N–H and O–H groups in total. The molecular weight excluding hydrogens is 543 g/mol. The van der Waals surface area contributed by atoms with Crippen LogP contribution >= 0.6 is 0 Å². The molecule has 2 aromatic carbocycles. The van der Waals surface area contributed by atoms with Crippen molar-refractivity contribution in [2.45, 2.75) is 96.4 Å². The van der Waals surface area contributed by atoms with Gasteiger partial charge < -0.3 is 14.6 Å². The number of nitrogens with zero attached hydrogens (tertiary/aromatic N) is 2. The summed E-state index contributed by atoms with van der Waals surface area (Å²) in [5.74, 6) is 0.102. The maximum Gasteiger partial charge on any atom is 0.306 e. The number of aromatic nitrogens is 1. The Labute approximate surface area is 254 Å². The number of methoxy groups -OCH3 is 1. The van der Waals surface area contributed by atoms with Gasteiger partial charge in [-0.25, -0.2) is 9.37 Å². The molecule has 2 fully saturated rings. The number of aliphatic carboxylic acids is 1. The molecule has 1 aromatic heterocycles. The van der Waals surface area contributed by atoms with Crippen molar-refractivity contribution < 1.29 is 23.8 Å². The number of halogens is 1. The molecule has 1 aliphatic carbocycles. The molecule has 0 spiro atoms. The predicted molar refractivity (Wildman–Crippen MR) is 165 cm³/mol. The van der Waals surface area contributed by atoms with Gasteiger partial charge in [0.15, 0.2) is 0 Å². The minimum Gasteiger partial charge on any atom is -0.485 e. The van der Waals surface area contributed by atoms with Gasteiger partial charge in [-0.15, -0.1) is 0 Å². The first-order valence-corrected chi connectivity index (χ1v) is 15.8. The maximum absolute atomic E-state index is 15.2. The van der Waals surface area contributed by atoms with Crippen LogP contribution in [-0.2, 0) is 17.8 Å². The molecule has 7 heteroatoms. The first-order valence-electron chi connectivity index (χ1n) is 15.8. The second kappa shape index (κ2) is 12.3. The predicted octanol–water partition coefficient (Wildman–Crippen LogP) is 7.94. The molecule has 3 aromatic rings. The van der Waals surface area contributed by atoms with Gasteiger partial charge in [0.2, 0.25) is 5.88 Å². The monoisotopic (exact) mass is 586 g/mol. The Morgan fingerprint density at radius 1 is 1.07 bits per heavy atom. The number of aryl methyl sites for hydroxylation is 1. The molecular formula is C36H43FN2O4. The Morgan fingerprint density at radius 3 is 2.53 bits per heavy atom. The largest absolute Gasteiger partial charge is 0.485 e. The number of benzene rings is 2. The fourth-order valence-electron chi connectivity index (χ4n) is 7.33. The average molecular weight is 587 g/mol. The van der Waals surface area contributed by atoms with Gasteiger partial charge in [-0.1, -0.05) is 43.7 Å². The highest BCUT2D eigenvalue weighted by atomic mass is 19.1. The molecule has 0 radical (unpaired) electrons. The van der Waals surface area contributed by atoms with E-state index in [0.29, 0.717) is 29.4 Å². The highest BCUT2D eigenvalue weighted by molar-refractivity contribution is 5.71. The highest BCUT2D eigenvalue weighted by Crippen LogP contribution is 2.48. The summed E-state index contributed by atoms with van der Waals surface area (Å²) in [5, 5.41) is 9.78. The van der Waals surface area contributed by atoms with Gasteiger partial charge in [0.25, 0.3) is 0 Å². The number of carboxylic acid groups (broad SMARTS) is 1. The zero-order chi connectivity index (χ0) is 30.2. The molecule has 3 heterocycles. The second-order valence-electron chi connectivity index (χ2n) is 12.9. The topological polar surface area (TPSA) is 71.9 Å². The second-order valence-corrected chi connectivity index (χ2v) is 12.9. The number of pyridine rings is 1. The fraction of sp³-hybridized carbons (Fsp3) is 0.500. The summed E-state index contributed by atoms with van der Waals surface area (Å²) in [6.45, 7) is 7.12. The van der Waals surface area contributed by atoms with Crippen LogP contribution in [0.4, 0.5) is 4.39 Å². The molecule has 3 aliphatic rings. The Morgan fingerprint density at radius 2 is 1.84 bits per heavy atom. The molecule has 6 nitrogen and oxygen atoms in total. The smallest absolute Gasteiger partial charge is 0.306 e. The van der Waals surface area contributed by atoms with Crippen LogP contribution in [-0.4, -0.2) is 40.2 Å². The van der Waals surface area contributed by atoms with Crippen LogP contribution in [0.15, 0.2) is 48.7 Å². The van der Waals surface area contributed by atoms with Crippen molar-refractivity contribution in [3.8, 4) is 22.8 Å². The van der Waals surface area contributed by atoms with Gasteiger partial charge >= 0.3 is 5.97 Å². The number of ether oxygens (including phenoxy) is 2. The van der Waals surface area contributed by atoms with Gasteiger partial charge in [-0.3, -0.25) is 9.69 Å². The Bertz CT molecular complexity index is 1480. The lowest BCUT2D eigenvalue weighted by Gasteiger charge is -2.39. The van der Waals surface area contributed by atoms with Crippen LogP contribution in [0.2, 0.25) is 0 Å². The molecule has 0 bridgehead atoms. The number of hydrogen-bond acceptors (Lipinski definition) is 5. The Hall–Kier alpha value is -3.45. The van der Waals surface area contributed by atoms with Crippen molar-refractivity contribution in [1.29, 1.82) is 0 Å². The summed E-state index contributed by atoms with van der Waals surface area (Å²) < 4.78 is 27.2. The average Bonchev–Trinajstić information content (AvgIpc) is 3.84. The number of fused-ring (bicyclic) bond motifs is 1. The number of hydrogen-bond donors (Lipinski definition) is 1. The number of likely N-dealkylation sites (tertiary alicyclic amines) is 1. The SMILES string of the molecule is COc1cc(-c2ccc([C@@H]3CCc4ccc([C@H](C5CC5)[C@H](C)C(=O)O)cc4O3)cc2CN2[C@@H](C)CCC[C@@H]2C)c(F)cn1. The van der Waals surface area contributed by atoms with Gasteiger partial charge in [0.05, 0.1) is 19.2 Å². The van der Waals surface area contributed by atoms with E-state index in [1.54, 1.807) is 13.2 Å². The van der Waals surface area contributed by atoms with Gasteiger partial charge in [0.1, 0.15) is 17.7 Å². The third kappa shape index (κ3) is 6.14. The standard InChI is InChI=1S/C36H43FN2O4/c1-21-6-5-7-22(2)39(21)20-28-16-26(12-14-29(28)30-18-34(42-4)38-19-31(30)37)32-15-13-24-8-11-27(17-33(24)43-32)35(25-9-10-25)23(3)36(40)41/h8,11-12,14,16-19,21-23,25,32,35H,5-7,9-10,13,15,20H2,1-4H3,(H,40,41)/t21-,22-,23-,32-,35-/m0/s1. The van der Waals surface area contributed by atoms with Crippen molar-refractivity contribution in [1.82, 2.24) is 9.88 Å². The van der Waals surface area contributed by atoms with Crippen molar-refractivity contribution in [2.75, 3.05) is 7.11 Å². The van der Waals surface area contributed by atoms with E-state index in [1.165, 1.54) is 12.6 Å². The Balaban J connectivity index is 1.34. The number of carbonyl (C=O) groups is 1. The summed E-state index contributed by atoms with van der Waals surface area (Å²) in [7, 11) is 1.55. The van der Waals surface area contributed by atoms with Crippen molar-refractivity contribution in [2.24, 2.45) is 11.8 Å². The van der Waals surface area contributed by atoms with Crippen LogP contribution in [0, 0.1) is 17.7 Å². The van der Waals surface area contributed by atoms with Crippen LogP contribution in [0.3, 0.4) is 0 Å². The molecule has 6 rings (SSSR count). The number of rotatable bonds is 9. The summed E-state index contributed by atoms with van der Waals surface area (Å²) in [5.41, 5.74) is 5.70. The molecule has 43 heavy (non-hydrogen) atoms. The Kier molecular flexibility index (Phi) is 8.45. The van der Waals surface area contributed by atoms with Crippen LogP contribution in [0.25, 0.3) is 11.1 Å². The summed E-state index contributed by atoms with van der Waals surface area (Å²) in [6, 6.07) is 15.2. The third-order valence-corrected chi connectivity index (χ3v) is 10.0. The van der Waals surface area contributed by atoms with Gasteiger partial charge in [-0.2, -0.15) is 0 Å². The lowest BCUT2D eigenvalue weighted by atomic mass is 9.82. The fourth-order valence-corrected chi connectivity index (χ4v) is 7.33. The number of carboxylic acids is 1. The van der Waals surface area contributed by atoms with E-state index < -0.39 is 11.9 Å². The molecule has 5 atom stereocenters. The minimum absolute atomic E-state index is 0.00145. The maximum atomic E-state index is 15.2. The first-order chi connectivity index (χ1) is 20.7. The van der Waals surface area contributed by atoms with E-state index in [2.05, 4.69) is 54.1 Å². The summed E-state index contributed by atoms with van der Waals surface area (Å²) in [6.07, 6.45) is 8.52. The normalized spacial score (nSPS) is 23.6. The minimum atomic E-state index is -0.748. The number of piperidine rings is 1. The quantitative estimate of drug-likeness (QED) is 0.274. The highest BCUT2D eigenvalue weighted by Gasteiger charge is 2.39. The first kappa shape index (κ1) is 29.6. The molecule has 2 aliphatic heterocycles.